The number of nitrogens with one attached hydrogen (secondary N) is 3. The van der Waals surface area contributed by atoms with Gasteiger partial charge in [-0.05, 0) is 62.8 Å². The van der Waals surface area contributed by atoms with Crippen LogP contribution in [0.2, 0.25) is 0 Å². The van der Waals surface area contributed by atoms with Gasteiger partial charge in [0.15, 0.2) is 0 Å². The molecule has 2 unspecified atom stereocenters. The van der Waals surface area contributed by atoms with Gasteiger partial charge in [-0.2, -0.15) is 0 Å². The van der Waals surface area contributed by atoms with Gasteiger partial charge >= 0.3 is 0 Å². The van der Waals surface area contributed by atoms with E-state index in [2.05, 4.69) is 44.6 Å². The summed E-state index contributed by atoms with van der Waals surface area (Å²) >= 11 is 0. The largest absolute Gasteiger partial charge is 0.511 e. The van der Waals surface area contributed by atoms with Gasteiger partial charge in [0, 0.05) is 37.9 Å². The number of hydrogen-bond donors (Lipinski definition) is 4. The van der Waals surface area contributed by atoms with Crippen molar-refractivity contribution in [3.63, 3.8) is 0 Å². The van der Waals surface area contributed by atoms with Crippen molar-refractivity contribution in [3.05, 3.63) is 48.0 Å². The van der Waals surface area contributed by atoms with Crippen molar-refractivity contribution >= 4 is 12.2 Å². The molecule has 2 aliphatic rings. The van der Waals surface area contributed by atoms with Crippen molar-refractivity contribution in [1.29, 1.82) is 0 Å². The molecule has 4 N–H and O–H groups in total. The SMILES string of the molecule is C=C(O)C(CCN(CCCCc1ccc2c(n1)NCCC2)CCC(F)F)NC1C=CN=CN1. The molecular weight excluding hydrogens is 426 g/mol. The van der Waals surface area contributed by atoms with Crippen LogP contribution in [0.15, 0.2) is 41.7 Å². The summed E-state index contributed by atoms with van der Waals surface area (Å²) in [5.41, 5.74) is 2.35. The van der Waals surface area contributed by atoms with Gasteiger partial charge < -0.3 is 20.6 Å². The van der Waals surface area contributed by atoms with E-state index in [0.717, 1.165) is 56.7 Å². The highest BCUT2D eigenvalue weighted by molar-refractivity contribution is 5.57. The van der Waals surface area contributed by atoms with Crippen molar-refractivity contribution in [1.82, 2.24) is 20.5 Å². The Morgan fingerprint density at radius 2 is 2.09 bits per heavy atom. The molecule has 0 bridgehead atoms. The number of halogens is 2. The van der Waals surface area contributed by atoms with Gasteiger partial charge in [0.1, 0.15) is 11.6 Å². The monoisotopic (exact) mass is 462 g/mol. The topological polar surface area (TPSA) is 84.8 Å². The lowest BCUT2D eigenvalue weighted by Gasteiger charge is -2.28. The van der Waals surface area contributed by atoms with Crippen molar-refractivity contribution in [2.24, 2.45) is 4.99 Å². The average Bonchev–Trinajstić information content (AvgIpc) is 2.82. The van der Waals surface area contributed by atoms with Crippen LogP contribution >= 0.6 is 0 Å². The molecule has 3 rings (SSSR count). The highest BCUT2D eigenvalue weighted by Crippen LogP contribution is 2.20. The Labute approximate surface area is 195 Å². The van der Waals surface area contributed by atoms with E-state index in [0.29, 0.717) is 19.5 Å². The standard InChI is InChI=1S/C24H36F2N6O/c1-18(33)21(31-23-9-13-27-17-29-23)10-15-32(16-11-22(25)26)14-3-2-6-20-8-7-19-5-4-12-28-24(19)30-20/h7-9,13,17,21-23,31,33H,1-6,10-12,14-16H2,(H,27,29)(H,28,30). The molecule has 0 aromatic carbocycles. The van der Waals surface area contributed by atoms with Crippen molar-refractivity contribution in [2.75, 3.05) is 31.5 Å². The predicted molar refractivity (Wildman–Crippen MR) is 129 cm³/mol. The highest BCUT2D eigenvalue weighted by atomic mass is 19.3. The predicted octanol–water partition coefficient (Wildman–Crippen LogP) is 3.61. The molecule has 33 heavy (non-hydrogen) atoms. The number of aryl methyl sites for hydroxylation is 2. The second-order valence-electron chi connectivity index (χ2n) is 8.58. The lowest BCUT2D eigenvalue weighted by molar-refractivity contribution is 0.113. The van der Waals surface area contributed by atoms with E-state index >= 15 is 0 Å². The summed E-state index contributed by atoms with van der Waals surface area (Å²) in [5.74, 6) is 1.04. The van der Waals surface area contributed by atoms with Crippen LogP contribution in [0, 0.1) is 0 Å². The Hall–Kier alpha value is -2.52. The fraction of sp³-hybridized carbons (Fsp3) is 0.583. The van der Waals surface area contributed by atoms with Gasteiger partial charge in [0.2, 0.25) is 6.43 Å². The van der Waals surface area contributed by atoms with Crippen LogP contribution in [0.5, 0.6) is 0 Å². The minimum Gasteiger partial charge on any atom is -0.511 e. The number of aliphatic hydroxyl groups is 1. The molecule has 2 aliphatic heterocycles. The zero-order valence-electron chi connectivity index (χ0n) is 19.1. The van der Waals surface area contributed by atoms with Crippen LogP contribution in [-0.2, 0) is 12.8 Å². The number of alkyl halides is 2. The maximum absolute atomic E-state index is 12.8. The number of fused-ring (bicyclic) bond motifs is 1. The number of rotatable bonds is 14. The first-order valence-electron chi connectivity index (χ1n) is 11.8. The highest BCUT2D eigenvalue weighted by Gasteiger charge is 2.18. The molecule has 7 nitrogen and oxygen atoms in total. The molecule has 1 aromatic heterocycles. The molecule has 3 heterocycles. The summed E-state index contributed by atoms with van der Waals surface area (Å²) in [6.07, 6.45) is 7.96. The maximum atomic E-state index is 12.8. The smallest absolute Gasteiger partial charge is 0.239 e. The number of hydrogen-bond acceptors (Lipinski definition) is 7. The quantitative estimate of drug-likeness (QED) is 0.250. The summed E-state index contributed by atoms with van der Waals surface area (Å²) in [5, 5.41) is 19.7. The molecule has 0 radical (unpaired) electrons. The summed E-state index contributed by atoms with van der Waals surface area (Å²) in [7, 11) is 0. The molecule has 0 saturated heterocycles. The summed E-state index contributed by atoms with van der Waals surface area (Å²) < 4.78 is 25.7. The van der Waals surface area contributed by atoms with Crippen LogP contribution in [0.4, 0.5) is 14.6 Å². The third-order valence-electron chi connectivity index (χ3n) is 5.98. The van der Waals surface area contributed by atoms with Gasteiger partial charge in [-0.1, -0.05) is 12.6 Å². The lowest BCUT2D eigenvalue weighted by atomic mass is 10.1. The van der Waals surface area contributed by atoms with E-state index in [4.69, 9.17) is 4.98 Å². The molecule has 0 spiro atoms. The number of nitrogens with zero attached hydrogens (tertiary/aromatic N) is 3. The van der Waals surface area contributed by atoms with Crippen LogP contribution in [0.25, 0.3) is 0 Å². The van der Waals surface area contributed by atoms with Gasteiger partial charge in [-0.25, -0.2) is 18.8 Å². The Balaban J connectivity index is 1.45. The molecule has 1 aromatic rings. The number of unbranched alkanes of at least 4 members (excludes halogenated alkanes) is 1. The summed E-state index contributed by atoms with van der Waals surface area (Å²) in [6, 6.07) is 3.91. The number of pyridine rings is 1. The van der Waals surface area contributed by atoms with Crippen LogP contribution < -0.4 is 16.0 Å². The van der Waals surface area contributed by atoms with Crippen LogP contribution in [-0.4, -0.2) is 66.1 Å². The van der Waals surface area contributed by atoms with E-state index in [9.17, 15) is 13.9 Å². The maximum Gasteiger partial charge on any atom is 0.239 e. The minimum absolute atomic E-state index is 0.0358. The summed E-state index contributed by atoms with van der Waals surface area (Å²) in [4.78, 5) is 10.7. The van der Waals surface area contributed by atoms with E-state index in [1.165, 1.54) is 5.56 Å². The molecule has 2 atom stereocenters. The van der Waals surface area contributed by atoms with Crippen LogP contribution in [0.3, 0.4) is 0 Å². The molecule has 0 aliphatic carbocycles. The van der Waals surface area contributed by atoms with E-state index in [1.54, 1.807) is 12.5 Å². The second kappa shape index (κ2) is 13.3. The van der Waals surface area contributed by atoms with E-state index in [-0.39, 0.29) is 24.4 Å². The number of aliphatic imine (C=N–C) groups is 1. The Bertz CT molecular complexity index is 816. The molecule has 9 heteroatoms. The first-order chi connectivity index (χ1) is 16.0. The third kappa shape index (κ3) is 8.74. The van der Waals surface area contributed by atoms with Gasteiger partial charge in [-0.15, -0.1) is 0 Å². The first-order valence-corrected chi connectivity index (χ1v) is 11.8. The Morgan fingerprint density at radius 3 is 2.85 bits per heavy atom. The van der Waals surface area contributed by atoms with Crippen LogP contribution in [0.1, 0.15) is 43.4 Å². The van der Waals surface area contributed by atoms with E-state index < -0.39 is 6.43 Å². The van der Waals surface area contributed by atoms with Crippen molar-refractivity contribution in [3.8, 4) is 0 Å². The minimum atomic E-state index is -2.32. The fourth-order valence-electron chi connectivity index (χ4n) is 4.10. The van der Waals surface area contributed by atoms with Gasteiger partial charge in [-0.3, -0.25) is 5.32 Å². The fourth-order valence-corrected chi connectivity index (χ4v) is 4.10. The van der Waals surface area contributed by atoms with Crippen molar-refractivity contribution in [2.45, 2.75) is 63.6 Å². The molecule has 0 amide bonds. The molecule has 182 valence electrons. The van der Waals surface area contributed by atoms with Gasteiger partial charge in [0.25, 0.3) is 0 Å². The number of aromatic nitrogens is 1. The normalized spacial score (nSPS) is 18.1. The lowest BCUT2D eigenvalue weighted by Crippen LogP contribution is -2.48. The zero-order valence-corrected chi connectivity index (χ0v) is 19.1. The Kier molecular flexibility index (Phi) is 10.1. The van der Waals surface area contributed by atoms with E-state index in [1.807, 2.05) is 6.08 Å². The Morgan fingerprint density at radius 1 is 1.24 bits per heavy atom. The third-order valence-corrected chi connectivity index (χ3v) is 5.98. The molecule has 0 fully saturated rings. The average molecular weight is 463 g/mol. The number of anilines is 1. The van der Waals surface area contributed by atoms with Crippen molar-refractivity contribution < 1.29 is 13.9 Å². The zero-order chi connectivity index (χ0) is 23.5. The second-order valence-corrected chi connectivity index (χ2v) is 8.58. The summed E-state index contributed by atoms with van der Waals surface area (Å²) in [6.45, 7) is 6.30. The van der Waals surface area contributed by atoms with Gasteiger partial charge in [0.05, 0.1) is 18.5 Å². The molecule has 0 saturated carbocycles. The number of aliphatic hydroxyl groups excluding tert-OH is 1. The first kappa shape index (κ1) is 25.1. The molecular formula is C24H36F2N6O.